The lowest BCUT2D eigenvalue weighted by Gasteiger charge is -2.36. The molecule has 1 saturated heterocycles. The number of halogens is 3. The number of piperazine rings is 1. The van der Waals surface area contributed by atoms with Crippen molar-refractivity contribution in [3.63, 3.8) is 0 Å². The number of aryl methyl sites for hydroxylation is 2. The van der Waals surface area contributed by atoms with E-state index in [0.29, 0.717) is 17.0 Å². The minimum atomic E-state index is -4.68. The highest BCUT2D eigenvalue weighted by atomic mass is 19.4. The van der Waals surface area contributed by atoms with Gasteiger partial charge in [-0.3, -0.25) is 4.68 Å². The first-order valence-electron chi connectivity index (χ1n) is 14.3. The smallest absolute Gasteiger partial charge is 0.419 e. The molecule has 2 aromatic carbocycles. The second kappa shape index (κ2) is 12.2. The quantitative estimate of drug-likeness (QED) is 0.206. The fraction of sp³-hybridized carbons (Fsp3) is 0.312. The summed E-state index contributed by atoms with van der Waals surface area (Å²) >= 11 is 0. The Morgan fingerprint density at radius 3 is 2.51 bits per heavy atom. The van der Waals surface area contributed by atoms with E-state index < -0.39 is 17.8 Å². The molecule has 6 rings (SSSR count). The van der Waals surface area contributed by atoms with Gasteiger partial charge in [-0.2, -0.15) is 18.3 Å². The van der Waals surface area contributed by atoms with Crippen LogP contribution in [0, 0.1) is 6.92 Å². The van der Waals surface area contributed by atoms with Crippen LogP contribution in [0.25, 0.3) is 33.2 Å². The number of pyridine rings is 2. The summed E-state index contributed by atoms with van der Waals surface area (Å²) in [7, 11) is 3.31. The number of ether oxygens (including phenoxy) is 3. The van der Waals surface area contributed by atoms with E-state index in [1.54, 1.807) is 22.7 Å². The summed E-state index contributed by atoms with van der Waals surface area (Å²) in [6.45, 7) is 2.75. The Balaban J connectivity index is 1.29. The molecule has 13 heteroatoms. The molecule has 1 amide bonds. The fourth-order valence-electron chi connectivity index (χ4n) is 5.62. The molecule has 0 bridgehead atoms. The zero-order valence-corrected chi connectivity index (χ0v) is 25.0. The average molecular weight is 621 g/mol. The van der Waals surface area contributed by atoms with Crippen molar-refractivity contribution in [2.24, 2.45) is 7.05 Å². The van der Waals surface area contributed by atoms with E-state index in [-0.39, 0.29) is 56.3 Å². The van der Waals surface area contributed by atoms with Crippen molar-refractivity contribution >= 4 is 33.7 Å². The summed E-state index contributed by atoms with van der Waals surface area (Å²) in [5.41, 5.74) is 2.41. The minimum absolute atomic E-state index is 0.0302. The highest BCUT2D eigenvalue weighted by Gasteiger charge is 2.38. The Morgan fingerprint density at radius 1 is 1.04 bits per heavy atom. The lowest BCUT2D eigenvalue weighted by atomic mass is 10.0. The zero-order chi connectivity index (χ0) is 31.7. The third-order valence-corrected chi connectivity index (χ3v) is 7.77. The van der Waals surface area contributed by atoms with Crippen molar-refractivity contribution in [3.05, 3.63) is 77.6 Å². The van der Waals surface area contributed by atoms with Crippen LogP contribution in [-0.2, 0) is 29.3 Å². The molecule has 4 heterocycles. The third-order valence-electron chi connectivity index (χ3n) is 7.77. The third kappa shape index (κ3) is 6.07. The molecule has 0 spiro atoms. The van der Waals surface area contributed by atoms with Crippen LogP contribution in [-0.4, -0.2) is 70.8 Å². The zero-order valence-electron chi connectivity index (χ0n) is 25.0. The van der Waals surface area contributed by atoms with Gasteiger partial charge in [-0.1, -0.05) is 30.3 Å². The molecule has 0 atom stereocenters. The van der Waals surface area contributed by atoms with Crippen molar-refractivity contribution in [1.29, 1.82) is 0 Å². The van der Waals surface area contributed by atoms with Crippen LogP contribution in [0.3, 0.4) is 0 Å². The molecule has 1 fully saturated rings. The Kier molecular flexibility index (Phi) is 8.19. The lowest BCUT2D eigenvalue weighted by molar-refractivity contribution is -0.135. The Labute approximate surface area is 256 Å². The van der Waals surface area contributed by atoms with E-state index >= 15 is 0 Å². The van der Waals surface area contributed by atoms with Crippen LogP contribution >= 0.6 is 0 Å². The summed E-state index contributed by atoms with van der Waals surface area (Å²) in [6.07, 6.45) is -2.12. The molecular weight excluding hydrogens is 589 g/mol. The number of aromatic nitrogens is 4. The number of methoxy groups -OCH3 is 1. The SMILES string of the molecule is COCOc1c(-c2ccc3c(C(F)(F)F)c(N4CCN(C(=O)OCc5ccccc5)CC4)cnc3n2)cc2cn(C)nc2c1C. The van der Waals surface area contributed by atoms with Crippen LogP contribution in [0.15, 0.2) is 60.9 Å². The molecule has 234 valence electrons. The van der Waals surface area contributed by atoms with Crippen LogP contribution < -0.4 is 9.64 Å². The van der Waals surface area contributed by atoms with Gasteiger partial charge in [0.1, 0.15) is 12.4 Å². The highest BCUT2D eigenvalue weighted by molar-refractivity contribution is 5.93. The largest absolute Gasteiger partial charge is 0.466 e. The van der Waals surface area contributed by atoms with Gasteiger partial charge < -0.3 is 24.0 Å². The van der Waals surface area contributed by atoms with E-state index in [4.69, 9.17) is 14.2 Å². The van der Waals surface area contributed by atoms with Gasteiger partial charge in [0.15, 0.2) is 12.4 Å². The molecule has 0 unspecified atom stereocenters. The normalized spacial score (nSPS) is 13.9. The van der Waals surface area contributed by atoms with Gasteiger partial charge in [0.25, 0.3) is 0 Å². The summed E-state index contributed by atoms with van der Waals surface area (Å²) in [6, 6.07) is 14.1. The Bertz CT molecular complexity index is 1850. The maximum atomic E-state index is 14.6. The molecule has 0 radical (unpaired) electrons. The second-order valence-electron chi connectivity index (χ2n) is 10.8. The highest BCUT2D eigenvalue weighted by Crippen LogP contribution is 2.42. The number of nitrogens with zero attached hydrogens (tertiary/aromatic N) is 6. The topological polar surface area (TPSA) is 94.8 Å². The first kappa shape index (κ1) is 30.1. The number of amides is 1. The number of carbonyl (C=O) groups is 1. The molecule has 1 aliphatic heterocycles. The number of rotatable bonds is 7. The first-order valence-corrected chi connectivity index (χ1v) is 14.3. The monoisotopic (exact) mass is 620 g/mol. The van der Waals surface area contributed by atoms with Gasteiger partial charge >= 0.3 is 12.3 Å². The van der Waals surface area contributed by atoms with Gasteiger partial charge in [0.2, 0.25) is 0 Å². The van der Waals surface area contributed by atoms with Gasteiger partial charge in [0, 0.05) is 68.4 Å². The number of hydrogen-bond donors (Lipinski definition) is 0. The number of anilines is 1. The molecule has 45 heavy (non-hydrogen) atoms. The van der Waals surface area contributed by atoms with E-state index in [1.807, 2.05) is 49.5 Å². The van der Waals surface area contributed by atoms with Crippen molar-refractivity contribution < 1.29 is 32.2 Å². The van der Waals surface area contributed by atoms with Crippen molar-refractivity contribution in [2.45, 2.75) is 19.7 Å². The van der Waals surface area contributed by atoms with Gasteiger partial charge in [-0.05, 0) is 30.7 Å². The van der Waals surface area contributed by atoms with Crippen LogP contribution in [0.1, 0.15) is 16.7 Å². The Hall–Kier alpha value is -4.91. The van der Waals surface area contributed by atoms with Crippen LogP contribution in [0.2, 0.25) is 0 Å². The van der Waals surface area contributed by atoms with E-state index in [0.717, 1.165) is 22.0 Å². The van der Waals surface area contributed by atoms with Crippen molar-refractivity contribution in [2.75, 3.05) is 45.0 Å². The van der Waals surface area contributed by atoms with Crippen LogP contribution in [0.4, 0.5) is 23.7 Å². The first-order chi connectivity index (χ1) is 21.6. The van der Waals surface area contributed by atoms with Gasteiger partial charge in [0.05, 0.1) is 28.7 Å². The second-order valence-corrected chi connectivity index (χ2v) is 10.8. The van der Waals surface area contributed by atoms with Crippen molar-refractivity contribution in [1.82, 2.24) is 24.6 Å². The maximum Gasteiger partial charge on any atom is 0.419 e. The minimum Gasteiger partial charge on any atom is -0.466 e. The summed E-state index contributed by atoms with van der Waals surface area (Å²) in [4.78, 5) is 24.6. The molecule has 0 aliphatic carbocycles. The molecular formula is C32H31F3N6O4. The predicted octanol–water partition coefficient (Wildman–Crippen LogP) is 5.95. The summed E-state index contributed by atoms with van der Waals surface area (Å²) < 4.78 is 62.0. The molecule has 10 nitrogen and oxygen atoms in total. The molecule has 0 N–H and O–H groups in total. The van der Waals surface area contributed by atoms with E-state index in [9.17, 15) is 18.0 Å². The molecule has 3 aromatic heterocycles. The number of alkyl halides is 3. The van der Waals surface area contributed by atoms with E-state index in [2.05, 4.69) is 15.1 Å². The number of hydrogen-bond acceptors (Lipinski definition) is 8. The van der Waals surface area contributed by atoms with E-state index in [1.165, 1.54) is 24.3 Å². The maximum absolute atomic E-state index is 14.6. The lowest BCUT2D eigenvalue weighted by Crippen LogP contribution is -2.49. The summed E-state index contributed by atoms with van der Waals surface area (Å²) in [5.74, 6) is 0.475. The molecule has 1 aliphatic rings. The van der Waals surface area contributed by atoms with Gasteiger partial charge in [-0.25, -0.2) is 14.8 Å². The molecule has 5 aromatic rings. The van der Waals surface area contributed by atoms with Gasteiger partial charge in [-0.15, -0.1) is 0 Å². The number of carbonyl (C=O) groups excluding carboxylic acids is 1. The predicted molar refractivity (Wildman–Crippen MR) is 162 cm³/mol. The molecule has 0 saturated carbocycles. The van der Waals surface area contributed by atoms with Crippen LogP contribution in [0.5, 0.6) is 5.75 Å². The number of benzene rings is 2. The standard InChI is InChI=1S/C32H31F3N6O4/c1-20-28-22(17-39(2)38-28)15-24(29(20)45-19-43-3)25-10-9-23-27(32(33,34)35)26(16-36-30(23)37-25)40-11-13-41(14-12-40)31(42)44-18-21-7-5-4-6-8-21/h4-10,15-17H,11-14,18-19H2,1-3H3. The van der Waals surface area contributed by atoms with Crippen molar-refractivity contribution in [3.8, 4) is 17.0 Å². The average Bonchev–Trinajstić information content (AvgIpc) is 3.43. The summed E-state index contributed by atoms with van der Waals surface area (Å²) in [5, 5.41) is 5.21. The number of fused-ring (bicyclic) bond motifs is 2. The fourth-order valence-corrected chi connectivity index (χ4v) is 5.62. The Morgan fingerprint density at radius 2 is 1.80 bits per heavy atom.